The minimum absolute atomic E-state index is 0.00806. The van der Waals surface area contributed by atoms with Gasteiger partial charge in [-0.25, -0.2) is 4.98 Å². The monoisotopic (exact) mass is 291 g/mol. The normalized spacial score (nSPS) is 14.9. The summed E-state index contributed by atoms with van der Waals surface area (Å²) in [7, 11) is 0. The average molecular weight is 292 g/mol. The highest BCUT2D eigenvalue weighted by atomic mass is 35.5. The lowest BCUT2D eigenvalue weighted by Crippen LogP contribution is -2.19. The molecule has 0 aliphatic carbocycles. The van der Waals surface area contributed by atoms with Crippen molar-refractivity contribution in [3.63, 3.8) is 0 Å². The fourth-order valence-electron chi connectivity index (χ4n) is 1.72. The smallest absolute Gasteiger partial charge is 0.225 e. The second-order valence-electron chi connectivity index (χ2n) is 3.78. The molecule has 18 heavy (non-hydrogen) atoms. The third-order valence-corrected chi connectivity index (χ3v) is 3.04. The summed E-state index contributed by atoms with van der Waals surface area (Å²) in [6.45, 7) is -0.226. The van der Waals surface area contributed by atoms with Gasteiger partial charge >= 0.3 is 0 Å². The van der Waals surface area contributed by atoms with Crippen LogP contribution in [0, 0.1) is 0 Å². The first kappa shape index (κ1) is 13.5. The van der Waals surface area contributed by atoms with Crippen LogP contribution in [0.1, 0.15) is 18.1 Å². The second kappa shape index (κ2) is 5.38. The Morgan fingerprint density at radius 1 is 1.28 bits per heavy atom. The number of aromatic nitrogens is 3. The van der Waals surface area contributed by atoms with Gasteiger partial charge in [0.25, 0.3) is 0 Å². The number of rotatable bonds is 4. The molecule has 0 bridgehead atoms. The second-order valence-corrected chi connectivity index (χ2v) is 4.47. The van der Waals surface area contributed by atoms with Gasteiger partial charge in [0, 0.05) is 18.4 Å². The lowest BCUT2D eigenvalue weighted by molar-refractivity contribution is 0.00500. The molecular weight excluding hydrogens is 281 g/mol. The van der Waals surface area contributed by atoms with Gasteiger partial charge in [0.05, 0.1) is 11.5 Å². The van der Waals surface area contributed by atoms with Crippen molar-refractivity contribution in [1.82, 2.24) is 15.0 Å². The van der Waals surface area contributed by atoms with E-state index < -0.39 is 12.2 Å². The highest BCUT2D eigenvalue weighted by Crippen LogP contribution is 2.31. The quantitative estimate of drug-likeness (QED) is 0.498. The van der Waals surface area contributed by atoms with Crippen LogP contribution in [0.4, 0.5) is 0 Å². The molecule has 98 valence electrons. The summed E-state index contributed by atoms with van der Waals surface area (Å²) >= 11 is 11.6. The van der Waals surface area contributed by atoms with E-state index in [-0.39, 0.29) is 23.5 Å². The molecule has 2 atom stereocenters. The topological polar surface area (TPSA) is 102 Å². The van der Waals surface area contributed by atoms with E-state index in [1.54, 1.807) is 0 Å². The van der Waals surface area contributed by atoms with E-state index in [4.69, 9.17) is 28.3 Å². The van der Waals surface area contributed by atoms with E-state index in [9.17, 15) is 10.2 Å². The molecule has 0 radical (unpaired) electrons. The molecule has 0 saturated heterocycles. The molecule has 0 spiro atoms. The van der Waals surface area contributed by atoms with Crippen LogP contribution in [0.15, 0.2) is 6.20 Å². The van der Waals surface area contributed by atoms with E-state index in [0.29, 0.717) is 16.6 Å². The Hall–Kier alpha value is -0.920. The van der Waals surface area contributed by atoms with Crippen LogP contribution < -0.4 is 0 Å². The minimum atomic E-state index is -1.19. The van der Waals surface area contributed by atoms with E-state index in [1.165, 1.54) is 6.20 Å². The molecule has 0 aromatic carbocycles. The van der Waals surface area contributed by atoms with Crippen LogP contribution in [-0.4, -0.2) is 43.0 Å². The van der Waals surface area contributed by atoms with Crippen molar-refractivity contribution in [2.45, 2.75) is 18.6 Å². The fraction of sp³-hybridized carbons (Fsp3) is 0.400. The number of fused-ring (bicyclic) bond motifs is 1. The number of hydrogen-bond donors (Lipinski definition) is 4. The highest BCUT2D eigenvalue weighted by molar-refractivity contribution is 6.35. The van der Waals surface area contributed by atoms with Crippen LogP contribution >= 0.6 is 23.2 Å². The molecule has 2 heterocycles. The maximum absolute atomic E-state index is 9.97. The molecule has 6 nitrogen and oxygen atoms in total. The van der Waals surface area contributed by atoms with Crippen molar-refractivity contribution in [2.75, 3.05) is 6.61 Å². The Bertz CT molecular complexity index is 561. The van der Waals surface area contributed by atoms with Gasteiger partial charge in [-0.05, 0) is 18.0 Å². The first-order valence-electron chi connectivity index (χ1n) is 5.21. The fourth-order valence-corrected chi connectivity index (χ4v) is 2.21. The third kappa shape index (κ3) is 2.43. The first-order chi connectivity index (χ1) is 8.54. The van der Waals surface area contributed by atoms with Gasteiger partial charge in [-0.1, -0.05) is 11.6 Å². The molecule has 2 rings (SSSR count). The molecule has 2 unspecified atom stereocenters. The summed E-state index contributed by atoms with van der Waals surface area (Å²) in [6, 6.07) is 0. The third-order valence-electron chi connectivity index (χ3n) is 2.60. The van der Waals surface area contributed by atoms with Crippen LogP contribution in [-0.2, 0) is 0 Å². The van der Waals surface area contributed by atoms with Gasteiger partial charge in [0.15, 0.2) is 0 Å². The molecule has 4 N–H and O–H groups in total. The van der Waals surface area contributed by atoms with E-state index in [1.807, 2.05) is 0 Å². The molecule has 8 heteroatoms. The van der Waals surface area contributed by atoms with E-state index in [0.717, 1.165) is 0 Å². The standard InChI is InChI=1S/C10H11Cl2N3O3/c11-8-6-4(7(18)5(17)1-2-16)3-13-9(6)15-10(12)14-8/h3,5,7,16-18H,1-2H2,(H,13,14,15). The summed E-state index contributed by atoms with van der Waals surface area (Å²) in [5.41, 5.74) is 0.748. The molecular formula is C10H11Cl2N3O3. The van der Waals surface area contributed by atoms with Gasteiger partial charge in [-0.15, -0.1) is 0 Å². The van der Waals surface area contributed by atoms with Gasteiger partial charge in [-0.2, -0.15) is 4.98 Å². The Morgan fingerprint density at radius 3 is 2.67 bits per heavy atom. The van der Waals surface area contributed by atoms with Crippen LogP contribution in [0.3, 0.4) is 0 Å². The maximum Gasteiger partial charge on any atom is 0.225 e. The Morgan fingerprint density at radius 2 is 2.00 bits per heavy atom. The number of nitrogens with zero attached hydrogens (tertiary/aromatic N) is 2. The maximum atomic E-state index is 9.97. The molecule has 0 amide bonds. The zero-order chi connectivity index (χ0) is 13.3. The summed E-state index contributed by atoms with van der Waals surface area (Å²) in [5, 5.41) is 28.9. The van der Waals surface area contributed by atoms with Crippen molar-refractivity contribution in [1.29, 1.82) is 0 Å². The van der Waals surface area contributed by atoms with Crippen molar-refractivity contribution in [3.8, 4) is 0 Å². The van der Waals surface area contributed by atoms with E-state index >= 15 is 0 Å². The number of H-pyrrole nitrogens is 1. The first-order valence-corrected chi connectivity index (χ1v) is 5.97. The Labute approximate surface area is 112 Å². The number of aromatic amines is 1. The van der Waals surface area contributed by atoms with Crippen molar-refractivity contribution in [3.05, 3.63) is 22.2 Å². The molecule has 0 aliphatic rings. The van der Waals surface area contributed by atoms with Crippen LogP contribution in [0.5, 0.6) is 0 Å². The molecule has 0 aliphatic heterocycles. The molecule has 0 saturated carbocycles. The Kier molecular flexibility index (Phi) is 4.04. The lowest BCUT2D eigenvalue weighted by atomic mass is 10.0. The minimum Gasteiger partial charge on any atom is -0.396 e. The average Bonchev–Trinajstić information content (AvgIpc) is 2.72. The summed E-state index contributed by atoms with van der Waals surface area (Å²) in [5.74, 6) is 0. The SMILES string of the molecule is OCCC(O)C(O)c1c[nH]c2nc(Cl)nc(Cl)c12. The number of aliphatic hydroxyl groups is 3. The van der Waals surface area contributed by atoms with Gasteiger partial charge < -0.3 is 20.3 Å². The van der Waals surface area contributed by atoms with Gasteiger partial charge in [-0.3, -0.25) is 0 Å². The molecule has 0 fully saturated rings. The largest absolute Gasteiger partial charge is 0.396 e. The number of nitrogens with one attached hydrogen (secondary N) is 1. The van der Waals surface area contributed by atoms with Crippen molar-refractivity contribution >= 4 is 34.2 Å². The molecule has 2 aromatic heterocycles. The number of aliphatic hydroxyl groups excluding tert-OH is 3. The zero-order valence-electron chi connectivity index (χ0n) is 9.14. The van der Waals surface area contributed by atoms with E-state index in [2.05, 4.69) is 15.0 Å². The number of hydrogen-bond acceptors (Lipinski definition) is 5. The van der Waals surface area contributed by atoms with Gasteiger partial charge in [0.1, 0.15) is 16.9 Å². The predicted octanol–water partition coefficient (Wildman–Crippen LogP) is 1.04. The van der Waals surface area contributed by atoms with Crippen molar-refractivity contribution < 1.29 is 15.3 Å². The Balaban J connectivity index is 2.46. The van der Waals surface area contributed by atoms with Crippen molar-refractivity contribution in [2.24, 2.45) is 0 Å². The summed E-state index contributed by atoms with van der Waals surface area (Å²) in [4.78, 5) is 10.5. The zero-order valence-corrected chi connectivity index (χ0v) is 10.7. The lowest BCUT2D eigenvalue weighted by Gasteiger charge is -2.16. The summed E-state index contributed by atoms with van der Waals surface area (Å²) < 4.78 is 0. The van der Waals surface area contributed by atoms with Crippen LogP contribution in [0.25, 0.3) is 11.0 Å². The predicted molar refractivity (Wildman–Crippen MR) is 66.6 cm³/mol. The highest BCUT2D eigenvalue weighted by Gasteiger charge is 2.23. The number of halogens is 2. The van der Waals surface area contributed by atoms with Gasteiger partial charge in [0.2, 0.25) is 5.28 Å². The summed E-state index contributed by atoms with van der Waals surface area (Å²) in [6.07, 6.45) is -0.749. The van der Waals surface area contributed by atoms with Crippen LogP contribution in [0.2, 0.25) is 10.4 Å². The molecule has 2 aromatic rings.